The van der Waals surface area contributed by atoms with Crippen molar-refractivity contribution in [1.82, 2.24) is 24.7 Å². The predicted octanol–water partition coefficient (Wildman–Crippen LogP) is 2.04. The second kappa shape index (κ2) is 5.91. The van der Waals surface area contributed by atoms with Gasteiger partial charge >= 0.3 is 5.97 Å². The molecule has 0 aliphatic rings. The van der Waals surface area contributed by atoms with Crippen LogP contribution in [0.25, 0.3) is 11.3 Å². The highest BCUT2D eigenvalue weighted by atomic mass is 16.5. The summed E-state index contributed by atoms with van der Waals surface area (Å²) in [6, 6.07) is 3.53. The van der Waals surface area contributed by atoms with Gasteiger partial charge in [0, 0.05) is 31.1 Å². The molecule has 3 heterocycles. The molecule has 0 aliphatic carbocycles. The summed E-state index contributed by atoms with van der Waals surface area (Å²) in [6.07, 6.45) is 5.13. The molecule has 0 spiro atoms. The number of carbonyl (C=O) groups is 1. The zero-order chi connectivity index (χ0) is 16.4. The zero-order valence-corrected chi connectivity index (χ0v) is 13.0. The van der Waals surface area contributed by atoms with Crippen molar-refractivity contribution in [3.05, 3.63) is 42.0 Å². The van der Waals surface area contributed by atoms with Crippen LogP contribution in [0.15, 0.2) is 30.7 Å². The number of esters is 1. The van der Waals surface area contributed by atoms with Gasteiger partial charge in [0.15, 0.2) is 0 Å². The lowest BCUT2D eigenvalue weighted by molar-refractivity contribution is 0.0595. The van der Waals surface area contributed by atoms with Crippen LogP contribution >= 0.6 is 0 Å². The van der Waals surface area contributed by atoms with E-state index in [1.165, 1.54) is 7.11 Å². The average molecular weight is 312 g/mol. The summed E-state index contributed by atoms with van der Waals surface area (Å²) in [7, 11) is 3.17. The van der Waals surface area contributed by atoms with Gasteiger partial charge in [-0.1, -0.05) is 0 Å². The summed E-state index contributed by atoms with van der Waals surface area (Å²) < 4.78 is 6.39. The first-order valence-electron chi connectivity index (χ1n) is 6.94. The van der Waals surface area contributed by atoms with Crippen LogP contribution in [0.4, 0.5) is 11.8 Å². The molecule has 8 heteroatoms. The van der Waals surface area contributed by atoms with Gasteiger partial charge in [-0.25, -0.2) is 14.8 Å². The number of aryl methyl sites for hydroxylation is 2. The third kappa shape index (κ3) is 2.91. The van der Waals surface area contributed by atoms with Crippen LogP contribution in [-0.2, 0) is 11.8 Å². The topological polar surface area (TPSA) is 97.7 Å². The molecule has 3 aromatic heterocycles. The van der Waals surface area contributed by atoms with E-state index in [1.807, 2.05) is 20.0 Å². The maximum atomic E-state index is 11.6. The normalized spacial score (nSPS) is 10.6. The van der Waals surface area contributed by atoms with Gasteiger partial charge in [-0.05, 0) is 18.6 Å². The van der Waals surface area contributed by atoms with Gasteiger partial charge in [-0.3, -0.25) is 4.68 Å². The quantitative estimate of drug-likeness (QED) is 0.715. The molecule has 0 unspecified atom stereocenters. The van der Waals surface area contributed by atoms with Gasteiger partial charge in [0.05, 0.1) is 19.0 Å². The van der Waals surface area contributed by atoms with Crippen LogP contribution in [0.2, 0.25) is 0 Å². The SMILES string of the molecule is COC(=O)c1cc(-c2nc(Nc3ccnn3C)ncc2C)c[nH]1. The minimum absolute atomic E-state index is 0.377. The second-order valence-electron chi connectivity index (χ2n) is 4.98. The van der Waals surface area contributed by atoms with Crippen molar-refractivity contribution in [2.45, 2.75) is 6.92 Å². The fraction of sp³-hybridized carbons (Fsp3) is 0.200. The van der Waals surface area contributed by atoms with Gasteiger partial charge in [0.25, 0.3) is 0 Å². The van der Waals surface area contributed by atoms with Crippen molar-refractivity contribution in [2.24, 2.45) is 7.05 Å². The molecule has 0 saturated heterocycles. The van der Waals surface area contributed by atoms with Gasteiger partial charge in [-0.2, -0.15) is 5.10 Å². The number of methoxy groups -OCH3 is 1. The smallest absolute Gasteiger partial charge is 0.354 e. The largest absolute Gasteiger partial charge is 0.464 e. The summed E-state index contributed by atoms with van der Waals surface area (Å²) >= 11 is 0. The molecule has 0 aromatic carbocycles. The van der Waals surface area contributed by atoms with E-state index in [4.69, 9.17) is 4.74 Å². The molecule has 0 bridgehead atoms. The van der Waals surface area contributed by atoms with Crippen molar-refractivity contribution in [3.8, 4) is 11.3 Å². The zero-order valence-electron chi connectivity index (χ0n) is 13.0. The minimum Gasteiger partial charge on any atom is -0.464 e. The van der Waals surface area contributed by atoms with Gasteiger partial charge < -0.3 is 15.0 Å². The Kier molecular flexibility index (Phi) is 3.80. The second-order valence-corrected chi connectivity index (χ2v) is 4.98. The first kappa shape index (κ1) is 14.8. The van der Waals surface area contributed by atoms with Gasteiger partial charge in [-0.15, -0.1) is 0 Å². The van der Waals surface area contributed by atoms with Crippen LogP contribution in [-0.4, -0.2) is 37.8 Å². The van der Waals surface area contributed by atoms with E-state index in [9.17, 15) is 4.79 Å². The summed E-state index contributed by atoms with van der Waals surface area (Å²) in [5.74, 6) is 0.815. The number of nitrogens with one attached hydrogen (secondary N) is 2. The van der Waals surface area contributed by atoms with E-state index in [-0.39, 0.29) is 0 Å². The van der Waals surface area contributed by atoms with Crippen molar-refractivity contribution in [1.29, 1.82) is 0 Å². The highest BCUT2D eigenvalue weighted by molar-refractivity contribution is 5.89. The molecule has 8 nitrogen and oxygen atoms in total. The Morgan fingerprint density at radius 1 is 1.43 bits per heavy atom. The van der Waals surface area contributed by atoms with Gasteiger partial charge in [0.1, 0.15) is 11.5 Å². The fourth-order valence-electron chi connectivity index (χ4n) is 2.16. The van der Waals surface area contributed by atoms with E-state index in [0.717, 1.165) is 22.6 Å². The van der Waals surface area contributed by atoms with Crippen molar-refractivity contribution >= 4 is 17.7 Å². The Balaban J connectivity index is 1.93. The fourth-order valence-corrected chi connectivity index (χ4v) is 2.16. The average Bonchev–Trinajstić information content (AvgIpc) is 3.18. The van der Waals surface area contributed by atoms with E-state index in [1.54, 1.807) is 29.3 Å². The molecule has 3 aromatic rings. The first-order chi connectivity index (χ1) is 11.1. The van der Waals surface area contributed by atoms with Crippen LogP contribution in [0.1, 0.15) is 16.1 Å². The van der Waals surface area contributed by atoms with Crippen molar-refractivity contribution in [2.75, 3.05) is 12.4 Å². The van der Waals surface area contributed by atoms with Crippen molar-refractivity contribution < 1.29 is 9.53 Å². The third-order valence-electron chi connectivity index (χ3n) is 3.39. The molecule has 3 rings (SSSR count). The Morgan fingerprint density at radius 2 is 2.26 bits per heavy atom. The van der Waals surface area contributed by atoms with Crippen LogP contribution in [0.3, 0.4) is 0 Å². The number of rotatable bonds is 4. The number of aromatic nitrogens is 5. The lowest BCUT2D eigenvalue weighted by Gasteiger charge is -2.08. The molecular weight excluding hydrogens is 296 g/mol. The summed E-state index contributed by atoms with van der Waals surface area (Å²) in [4.78, 5) is 23.2. The molecule has 0 fully saturated rings. The highest BCUT2D eigenvalue weighted by Crippen LogP contribution is 2.24. The standard InChI is InChI=1S/C15H16N6O2/c1-9-7-17-15(19-12-4-5-18-21(12)2)20-13(9)10-6-11(16-8-10)14(22)23-3/h4-8,16H,1-3H3,(H,17,19,20). The van der Waals surface area contributed by atoms with Gasteiger partial charge in [0.2, 0.25) is 5.95 Å². The summed E-state index contributed by atoms with van der Waals surface area (Å²) in [5, 5.41) is 7.19. The Morgan fingerprint density at radius 3 is 2.96 bits per heavy atom. The molecule has 0 saturated carbocycles. The number of nitrogens with zero attached hydrogens (tertiary/aromatic N) is 4. The van der Waals surface area contributed by atoms with E-state index in [0.29, 0.717) is 11.6 Å². The molecule has 118 valence electrons. The highest BCUT2D eigenvalue weighted by Gasteiger charge is 2.13. The van der Waals surface area contributed by atoms with Crippen LogP contribution in [0, 0.1) is 6.92 Å². The lowest BCUT2D eigenvalue weighted by atomic mass is 10.1. The van der Waals surface area contributed by atoms with Crippen LogP contribution < -0.4 is 5.32 Å². The number of H-pyrrole nitrogens is 1. The maximum Gasteiger partial charge on any atom is 0.354 e. The predicted molar refractivity (Wildman–Crippen MR) is 84.4 cm³/mol. The number of ether oxygens (including phenoxy) is 1. The van der Waals surface area contributed by atoms with Crippen LogP contribution in [0.5, 0.6) is 0 Å². The number of anilines is 2. The molecule has 0 amide bonds. The van der Waals surface area contributed by atoms with Crippen molar-refractivity contribution in [3.63, 3.8) is 0 Å². The first-order valence-corrected chi connectivity index (χ1v) is 6.94. The molecular formula is C15H16N6O2. The molecule has 0 radical (unpaired) electrons. The number of hydrogen-bond acceptors (Lipinski definition) is 6. The third-order valence-corrected chi connectivity index (χ3v) is 3.39. The Labute approximate surface area is 132 Å². The summed E-state index contributed by atoms with van der Waals surface area (Å²) in [5.41, 5.74) is 2.80. The maximum absolute atomic E-state index is 11.6. The minimum atomic E-state index is -0.420. The lowest BCUT2D eigenvalue weighted by Crippen LogP contribution is -2.03. The molecule has 2 N–H and O–H groups in total. The van der Waals surface area contributed by atoms with E-state index < -0.39 is 5.97 Å². The molecule has 0 aliphatic heterocycles. The van der Waals surface area contributed by atoms with E-state index >= 15 is 0 Å². The number of hydrogen-bond donors (Lipinski definition) is 2. The number of aromatic amines is 1. The Bertz CT molecular complexity index is 851. The molecule has 0 atom stereocenters. The van der Waals surface area contributed by atoms with E-state index in [2.05, 4.69) is 25.4 Å². The monoisotopic (exact) mass is 312 g/mol. The Hall–Kier alpha value is -3.16. The number of carbonyl (C=O) groups excluding carboxylic acids is 1. The summed E-state index contributed by atoms with van der Waals surface area (Å²) in [6.45, 7) is 1.91. The molecule has 23 heavy (non-hydrogen) atoms.